The molecule has 2 nitrogen and oxygen atoms in total. The lowest BCUT2D eigenvalue weighted by Gasteiger charge is -2.26. The van der Waals surface area contributed by atoms with E-state index in [1.54, 1.807) is 0 Å². The summed E-state index contributed by atoms with van der Waals surface area (Å²) in [5.74, 6) is 2.45. The van der Waals surface area contributed by atoms with Crippen LogP contribution in [-0.4, -0.2) is 29.7 Å². The van der Waals surface area contributed by atoms with Gasteiger partial charge in [0.1, 0.15) is 0 Å². The van der Waals surface area contributed by atoms with Crippen LogP contribution in [0.1, 0.15) is 31.4 Å². The highest BCUT2D eigenvalue weighted by molar-refractivity contribution is 7.99. The molecule has 1 N–H and O–H groups in total. The van der Waals surface area contributed by atoms with E-state index in [0.717, 1.165) is 25.1 Å². The Labute approximate surface area is 108 Å². The normalized spacial score (nSPS) is 18.8. The highest BCUT2D eigenvalue weighted by atomic mass is 32.2. The van der Waals surface area contributed by atoms with Crippen molar-refractivity contribution in [3.8, 4) is 0 Å². The number of hydrogen-bond acceptors (Lipinski definition) is 3. The first-order valence-corrected chi connectivity index (χ1v) is 7.58. The molecule has 1 aliphatic heterocycles. The van der Waals surface area contributed by atoms with Crippen LogP contribution in [0.4, 0.5) is 5.69 Å². The summed E-state index contributed by atoms with van der Waals surface area (Å²) in [6.45, 7) is 4.23. The topological polar surface area (TPSA) is 23.5 Å². The van der Waals surface area contributed by atoms with Gasteiger partial charge in [-0.2, -0.15) is 11.8 Å². The molecule has 3 heteroatoms. The van der Waals surface area contributed by atoms with Crippen LogP contribution < -0.4 is 4.90 Å². The fourth-order valence-electron chi connectivity index (χ4n) is 2.26. The zero-order valence-electron chi connectivity index (χ0n) is 10.4. The molecule has 1 aliphatic rings. The summed E-state index contributed by atoms with van der Waals surface area (Å²) in [5, 5.41) is 10.1. The Balaban J connectivity index is 2.23. The van der Waals surface area contributed by atoms with E-state index in [4.69, 9.17) is 0 Å². The molecule has 0 radical (unpaired) electrons. The minimum atomic E-state index is -0.331. The van der Waals surface area contributed by atoms with Gasteiger partial charge in [0.05, 0.1) is 6.10 Å². The molecule has 1 aromatic carbocycles. The summed E-state index contributed by atoms with van der Waals surface area (Å²) in [6, 6.07) is 8.29. The second kappa shape index (κ2) is 6.31. The van der Waals surface area contributed by atoms with Gasteiger partial charge in [0.2, 0.25) is 0 Å². The third-order valence-electron chi connectivity index (χ3n) is 3.25. The van der Waals surface area contributed by atoms with Crippen LogP contribution >= 0.6 is 11.8 Å². The fourth-order valence-corrected chi connectivity index (χ4v) is 3.15. The summed E-state index contributed by atoms with van der Waals surface area (Å²) < 4.78 is 0. The molecule has 0 aliphatic carbocycles. The van der Waals surface area contributed by atoms with Gasteiger partial charge in [-0.3, -0.25) is 0 Å². The van der Waals surface area contributed by atoms with Gasteiger partial charge in [-0.15, -0.1) is 0 Å². The van der Waals surface area contributed by atoms with Gasteiger partial charge in [-0.25, -0.2) is 0 Å². The van der Waals surface area contributed by atoms with Crippen LogP contribution in [-0.2, 0) is 0 Å². The summed E-state index contributed by atoms with van der Waals surface area (Å²) in [5.41, 5.74) is 2.31. The van der Waals surface area contributed by atoms with Crippen molar-refractivity contribution in [2.24, 2.45) is 0 Å². The van der Waals surface area contributed by atoms with Crippen molar-refractivity contribution in [3.05, 3.63) is 29.8 Å². The van der Waals surface area contributed by atoms with E-state index in [2.05, 4.69) is 23.1 Å². The van der Waals surface area contributed by atoms with Crippen molar-refractivity contribution >= 4 is 17.4 Å². The molecule has 94 valence electrons. The van der Waals surface area contributed by atoms with Crippen molar-refractivity contribution in [1.29, 1.82) is 0 Å². The van der Waals surface area contributed by atoms with Crippen molar-refractivity contribution in [1.82, 2.24) is 0 Å². The number of aliphatic hydroxyl groups excluding tert-OH is 1. The third kappa shape index (κ3) is 3.17. The lowest BCUT2D eigenvalue weighted by atomic mass is 10.0. The number of thioether (sulfide) groups is 1. The van der Waals surface area contributed by atoms with Crippen molar-refractivity contribution in [2.45, 2.75) is 25.9 Å². The minimum Gasteiger partial charge on any atom is -0.388 e. The number of aliphatic hydroxyl groups is 1. The van der Waals surface area contributed by atoms with E-state index < -0.39 is 0 Å². The molecular formula is C14H21NOS. The summed E-state index contributed by atoms with van der Waals surface area (Å²) in [7, 11) is 0. The first kappa shape index (κ1) is 12.8. The second-order valence-electron chi connectivity index (χ2n) is 4.44. The number of rotatable bonds is 3. The summed E-state index contributed by atoms with van der Waals surface area (Å²) in [6.07, 6.45) is 1.68. The highest BCUT2D eigenvalue weighted by Gasteiger charge is 2.16. The number of nitrogens with zero attached hydrogens (tertiary/aromatic N) is 1. The first-order chi connectivity index (χ1) is 8.33. The van der Waals surface area contributed by atoms with Gasteiger partial charge >= 0.3 is 0 Å². The Kier molecular flexibility index (Phi) is 4.75. The molecule has 2 rings (SSSR count). The van der Waals surface area contributed by atoms with Gasteiger partial charge in [-0.1, -0.05) is 25.1 Å². The minimum absolute atomic E-state index is 0.331. The summed E-state index contributed by atoms with van der Waals surface area (Å²) in [4.78, 5) is 2.42. The molecule has 0 unspecified atom stereocenters. The predicted octanol–water partition coefficient (Wildman–Crippen LogP) is 3.07. The van der Waals surface area contributed by atoms with Crippen LogP contribution in [0.3, 0.4) is 0 Å². The fraction of sp³-hybridized carbons (Fsp3) is 0.571. The van der Waals surface area contributed by atoms with Crippen molar-refractivity contribution in [2.75, 3.05) is 29.5 Å². The van der Waals surface area contributed by atoms with Crippen LogP contribution in [0.2, 0.25) is 0 Å². The van der Waals surface area contributed by atoms with Gasteiger partial charge in [-0.05, 0) is 24.7 Å². The van der Waals surface area contributed by atoms with Crippen LogP contribution in [0.5, 0.6) is 0 Å². The van der Waals surface area contributed by atoms with Crippen LogP contribution in [0, 0.1) is 0 Å². The standard InChI is InChI=1S/C14H21NOS/c1-2-14(16)12-6-3-4-7-13(12)15-8-5-10-17-11-9-15/h3-4,6-7,14,16H,2,5,8-11H2,1H3/t14-/m1/s1. The van der Waals surface area contributed by atoms with E-state index in [9.17, 15) is 5.11 Å². The molecule has 1 saturated heterocycles. The third-order valence-corrected chi connectivity index (χ3v) is 4.29. The quantitative estimate of drug-likeness (QED) is 0.893. The zero-order valence-corrected chi connectivity index (χ0v) is 11.2. The van der Waals surface area contributed by atoms with E-state index in [-0.39, 0.29) is 6.10 Å². The summed E-state index contributed by atoms with van der Waals surface area (Å²) >= 11 is 2.03. The average molecular weight is 251 g/mol. The second-order valence-corrected chi connectivity index (χ2v) is 5.66. The number of para-hydroxylation sites is 1. The molecular weight excluding hydrogens is 230 g/mol. The Morgan fingerprint density at radius 1 is 1.29 bits per heavy atom. The Bertz CT molecular complexity index is 348. The molecule has 1 fully saturated rings. The molecule has 1 atom stereocenters. The Morgan fingerprint density at radius 2 is 2.12 bits per heavy atom. The molecule has 1 heterocycles. The molecule has 0 amide bonds. The monoisotopic (exact) mass is 251 g/mol. The van der Waals surface area contributed by atoms with Crippen LogP contribution in [0.25, 0.3) is 0 Å². The lowest BCUT2D eigenvalue weighted by Crippen LogP contribution is -2.26. The van der Waals surface area contributed by atoms with E-state index in [1.165, 1.54) is 23.6 Å². The average Bonchev–Trinajstić information content (AvgIpc) is 2.66. The number of benzene rings is 1. The van der Waals surface area contributed by atoms with Gasteiger partial charge < -0.3 is 10.0 Å². The zero-order chi connectivity index (χ0) is 12.1. The van der Waals surface area contributed by atoms with Gasteiger partial charge in [0.15, 0.2) is 0 Å². The van der Waals surface area contributed by atoms with Crippen molar-refractivity contribution < 1.29 is 5.11 Å². The Hall–Kier alpha value is -0.670. The molecule has 0 saturated carbocycles. The maximum atomic E-state index is 10.1. The molecule has 0 aromatic heterocycles. The lowest BCUT2D eigenvalue weighted by molar-refractivity contribution is 0.174. The SMILES string of the molecule is CC[C@@H](O)c1ccccc1N1CCCSCC1. The smallest absolute Gasteiger partial charge is 0.0807 e. The Morgan fingerprint density at radius 3 is 2.94 bits per heavy atom. The van der Waals surface area contributed by atoms with Gasteiger partial charge in [0.25, 0.3) is 0 Å². The number of anilines is 1. The van der Waals surface area contributed by atoms with Crippen LogP contribution in [0.15, 0.2) is 24.3 Å². The highest BCUT2D eigenvalue weighted by Crippen LogP contribution is 2.29. The first-order valence-electron chi connectivity index (χ1n) is 6.42. The van der Waals surface area contributed by atoms with E-state index in [0.29, 0.717) is 0 Å². The molecule has 17 heavy (non-hydrogen) atoms. The molecule has 1 aromatic rings. The predicted molar refractivity (Wildman–Crippen MR) is 75.8 cm³/mol. The molecule has 0 bridgehead atoms. The largest absolute Gasteiger partial charge is 0.388 e. The van der Waals surface area contributed by atoms with E-state index >= 15 is 0 Å². The molecule has 0 spiro atoms. The van der Waals surface area contributed by atoms with E-state index in [1.807, 2.05) is 24.8 Å². The maximum Gasteiger partial charge on any atom is 0.0807 e. The van der Waals surface area contributed by atoms with Gasteiger partial charge in [0, 0.05) is 30.1 Å². The number of hydrogen-bond donors (Lipinski definition) is 1. The maximum absolute atomic E-state index is 10.1. The van der Waals surface area contributed by atoms with Crippen molar-refractivity contribution in [3.63, 3.8) is 0 Å².